The van der Waals surface area contributed by atoms with Crippen LogP contribution < -0.4 is 0 Å². The molecule has 1 aliphatic rings. The predicted molar refractivity (Wildman–Crippen MR) is 85.4 cm³/mol. The Bertz CT molecular complexity index is 377. The number of hydrogen-bond acceptors (Lipinski definition) is 3. The van der Waals surface area contributed by atoms with Crippen LogP contribution in [0.4, 0.5) is 0 Å². The highest BCUT2D eigenvalue weighted by Gasteiger charge is 2.22. The highest BCUT2D eigenvalue weighted by molar-refractivity contribution is 6.71. The van der Waals surface area contributed by atoms with Crippen LogP contribution in [0.2, 0.25) is 19.1 Å². The Kier molecular flexibility index (Phi) is 6.23. The van der Waals surface area contributed by atoms with Crippen LogP contribution in [0.1, 0.15) is 12.0 Å². The summed E-state index contributed by atoms with van der Waals surface area (Å²) < 4.78 is 11.6. The first kappa shape index (κ1) is 15.7. The first-order valence-electron chi connectivity index (χ1n) is 7.64. The molecule has 1 aliphatic heterocycles. The lowest BCUT2D eigenvalue weighted by Gasteiger charge is -2.28. The van der Waals surface area contributed by atoms with Crippen LogP contribution in [0.3, 0.4) is 0 Å². The molecule has 0 aromatic heterocycles. The van der Waals surface area contributed by atoms with Gasteiger partial charge in [0.15, 0.2) is 8.32 Å². The minimum absolute atomic E-state index is 0.762. The van der Waals surface area contributed by atoms with E-state index in [1.165, 1.54) is 24.6 Å². The van der Waals surface area contributed by atoms with Crippen molar-refractivity contribution in [2.24, 2.45) is 0 Å². The molecule has 0 spiro atoms. The van der Waals surface area contributed by atoms with Gasteiger partial charge in [-0.2, -0.15) is 0 Å². The van der Waals surface area contributed by atoms with Crippen molar-refractivity contribution in [3.05, 3.63) is 35.9 Å². The summed E-state index contributed by atoms with van der Waals surface area (Å²) in [5.74, 6) is 0. The number of ether oxygens (including phenoxy) is 1. The average Bonchev–Trinajstić information content (AvgIpc) is 2.47. The summed E-state index contributed by atoms with van der Waals surface area (Å²) in [5, 5.41) is 0. The number of morpholine rings is 1. The van der Waals surface area contributed by atoms with Gasteiger partial charge in [-0.15, -0.1) is 0 Å². The van der Waals surface area contributed by atoms with E-state index in [1.54, 1.807) is 0 Å². The smallest absolute Gasteiger partial charge is 0.187 e. The Morgan fingerprint density at radius 1 is 1.15 bits per heavy atom. The van der Waals surface area contributed by atoms with Crippen LogP contribution >= 0.6 is 0 Å². The normalized spacial score (nSPS) is 17.3. The van der Waals surface area contributed by atoms with Gasteiger partial charge in [0, 0.05) is 13.1 Å². The standard InChI is InChI=1S/C16H27NO2Si/c1-20(2,19-15-16-7-4-3-5-8-16)14-6-9-17-10-12-18-13-11-17/h3-5,7-8H,6,9-15H2,1-2H3. The quantitative estimate of drug-likeness (QED) is 0.721. The van der Waals surface area contributed by atoms with Gasteiger partial charge in [0.1, 0.15) is 0 Å². The molecule has 2 rings (SSSR count). The largest absolute Gasteiger partial charge is 0.413 e. The van der Waals surface area contributed by atoms with Crippen LogP contribution in [0.5, 0.6) is 0 Å². The minimum atomic E-state index is -1.53. The maximum absolute atomic E-state index is 6.20. The molecule has 1 aromatic carbocycles. The molecular formula is C16H27NO2Si. The van der Waals surface area contributed by atoms with Crippen LogP contribution in [0.25, 0.3) is 0 Å². The van der Waals surface area contributed by atoms with E-state index in [0.29, 0.717) is 0 Å². The minimum Gasteiger partial charge on any atom is -0.413 e. The lowest BCUT2D eigenvalue weighted by Crippen LogP contribution is -2.38. The molecule has 1 heterocycles. The summed E-state index contributed by atoms with van der Waals surface area (Å²) in [6, 6.07) is 11.7. The van der Waals surface area contributed by atoms with Crippen LogP contribution in [0.15, 0.2) is 30.3 Å². The van der Waals surface area contributed by atoms with Gasteiger partial charge in [-0.3, -0.25) is 4.90 Å². The Morgan fingerprint density at radius 2 is 1.85 bits per heavy atom. The van der Waals surface area contributed by atoms with Gasteiger partial charge in [0.05, 0.1) is 19.8 Å². The molecule has 112 valence electrons. The van der Waals surface area contributed by atoms with Crippen molar-refractivity contribution in [2.75, 3.05) is 32.8 Å². The summed E-state index contributed by atoms with van der Waals surface area (Å²) in [6.07, 6.45) is 1.24. The fourth-order valence-electron chi connectivity index (χ4n) is 2.48. The van der Waals surface area contributed by atoms with Gasteiger partial charge in [-0.1, -0.05) is 30.3 Å². The second-order valence-corrected chi connectivity index (χ2v) is 10.4. The van der Waals surface area contributed by atoms with Crippen molar-refractivity contribution in [3.63, 3.8) is 0 Å². The molecular weight excluding hydrogens is 266 g/mol. The molecule has 0 bridgehead atoms. The highest BCUT2D eigenvalue weighted by Crippen LogP contribution is 2.17. The van der Waals surface area contributed by atoms with Crippen LogP contribution in [-0.2, 0) is 15.8 Å². The Hall–Kier alpha value is -0.683. The fourth-order valence-corrected chi connectivity index (χ4v) is 4.19. The molecule has 20 heavy (non-hydrogen) atoms. The SMILES string of the molecule is C[Si](C)(CCCN1CCOCC1)OCc1ccccc1. The molecule has 1 fully saturated rings. The third kappa shape index (κ3) is 5.75. The van der Waals surface area contributed by atoms with E-state index < -0.39 is 8.32 Å². The van der Waals surface area contributed by atoms with E-state index in [0.717, 1.165) is 32.9 Å². The summed E-state index contributed by atoms with van der Waals surface area (Å²) in [6.45, 7) is 10.6. The first-order chi connectivity index (χ1) is 9.66. The van der Waals surface area contributed by atoms with Crippen LogP contribution in [0, 0.1) is 0 Å². The second-order valence-electron chi connectivity index (χ2n) is 6.09. The monoisotopic (exact) mass is 293 g/mol. The lowest BCUT2D eigenvalue weighted by molar-refractivity contribution is 0.0378. The second kappa shape index (κ2) is 7.93. The molecule has 0 amide bonds. The number of benzene rings is 1. The molecule has 3 nitrogen and oxygen atoms in total. The summed E-state index contributed by atoms with van der Waals surface area (Å²) >= 11 is 0. The number of rotatable bonds is 7. The molecule has 0 saturated carbocycles. The zero-order valence-electron chi connectivity index (χ0n) is 12.8. The van der Waals surface area contributed by atoms with Crippen molar-refractivity contribution >= 4 is 8.32 Å². The van der Waals surface area contributed by atoms with Gasteiger partial charge in [0.25, 0.3) is 0 Å². The molecule has 0 radical (unpaired) electrons. The number of nitrogens with zero attached hydrogens (tertiary/aromatic N) is 1. The van der Waals surface area contributed by atoms with Crippen molar-refractivity contribution in [1.82, 2.24) is 4.90 Å². The van der Waals surface area contributed by atoms with Crippen LogP contribution in [-0.4, -0.2) is 46.1 Å². The first-order valence-corrected chi connectivity index (χ1v) is 10.8. The predicted octanol–water partition coefficient (Wildman–Crippen LogP) is 3.13. The third-order valence-corrected chi connectivity index (χ3v) is 6.31. The van der Waals surface area contributed by atoms with Gasteiger partial charge in [-0.25, -0.2) is 0 Å². The topological polar surface area (TPSA) is 21.7 Å². The van der Waals surface area contributed by atoms with Gasteiger partial charge in [-0.05, 0) is 37.7 Å². The van der Waals surface area contributed by atoms with Crippen molar-refractivity contribution < 1.29 is 9.16 Å². The van der Waals surface area contributed by atoms with E-state index in [-0.39, 0.29) is 0 Å². The lowest BCUT2D eigenvalue weighted by atomic mass is 10.2. The molecule has 0 N–H and O–H groups in total. The van der Waals surface area contributed by atoms with E-state index in [2.05, 4.69) is 48.3 Å². The van der Waals surface area contributed by atoms with E-state index in [1.807, 2.05) is 0 Å². The average molecular weight is 293 g/mol. The van der Waals surface area contributed by atoms with Crippen molar-refractivity contribution in [2.45, 2.75) is 32.2 Å². The molecule has 0 aliphatic carbocycles. The van der Waals surface area contributed by atoms with E-state index >= 15 is 0 Å². The summed E-state index contributed by atoms with van der Waals surface area (Å²) in [4.78, 5) is 2.51. The fraction of sp³-hybridized carbons (Fsp3) is 0.625. The molecule has 1 aromatic rings. The molecule has 4 heteroatoms. The van der Waals surface area contributed by atoms with Gasteiger partial charge < -0.3 is 9.16 Å². The Labute approximate surface area is 124 Å². The van der Waals surface area contributed by atoms with E-state index in [9.17, 15) is 0 Å². The molecule has 1 saturated heterocycles. The van der Waals surface area contributed by atoms with Crippen molar-refractivity contribution in [1.29, 1.82) is 0 Å². The van der Waals surface area contributed by atoms with E-state index in [4.69, 9.17) is 9.16 Å². The third-order valence-electron chi connectivity index (χ3n) is 3.83. The highest BCUT2D eigenvalue weighted by atomic mass is 28.4. The maximum atomic E-state index is 6.20. The molecule has 0 atom stereocenters. The van der Waals surface area contributed by atoms with Gasteiger partial charge in [0.2, 0.25) is 0 Å². The maximum Gasteiger partial charge on any atom is 0.187 e. The Balaban J connectivity index is 1.65. The zero-order valence-corrected chi connectivity index (χ0v) is 13.8. The summed E-state index contributed by atoms with van der Waals surface area (Å²) in [5.41, 5.74) is 1.28. The zero-order chi connectivity index (χ0) is 14.3. The Morgan fingerprint density at radius 3 is 2.55 bits per heavy atom. The van der Waals surface area contributed by atoms with Crippen molar-refractivity contribution in [3.8, 4) is 0 Å². The molecule has 0 unspecified atom stereocenters. The summed E-state index contributed by atoms with van der Waals surface area (Å²) in [7, 11) is -1.53. The van der Waals surface area contributed by atoms with Gasteiger partial charge >= 0.3 is 0 Å². The number of hydrogen-bond donors (Lipinski definition) is 0.